The zero-order valence-corrected chi connectivity index (χ0v) is 16.9. The number of carbonyl (C=O) groups excluding carboxylic acids is 1. The molecule has 0 aliphatic heterocycles. The maximum atomic E-state index is 13.9. The minimum absolute atomic E-state index is 0.0887. The van der Waals surface area contributed by atoms with Gasteiger partial charge >= 0.3 is 0 Å². The molecule has 0 aliphatic rings. The highest BCUT2D eigenvalue weighted by Gasteiger charge is 2.18. The average molecular weight is 399 g/mol. The summed E-state index contributed by atoms with van der Waals surface area (Å²) >= 11 is 1.43. The molecule has 2 aromatic carbocycles. The SMILES string of the molecule is COc1ccc(CN(C)Cc2csc(N(C(C)=O)c3ccccc3)n2)cc1F. The molecule has 0 radical (unpaired) electrons. The van der Waals surface area contributed by atoms with E-state index >= 15 is 0 Å². The van der Waals surface area contributed by atoms with Crippen LogP contribution in [0.25, 0.3) is 0 Å². The Hall–Kier alpha value is -2.77. The number of para-hydroxylation sites is 1. The number of rotatable bonds is 7. The number of halogens is 1. The van der Waals surface area contributed by atoms with Crippen molar-refractivity contribution in [1.82, 2.24) is 9.88 Å². The van der Waals surface area contributed by atoms with Crippen molar-refractivity contribution in [2.45, 2.75) is 20.0 Å². The van der Waals surface area contributed by atoms with E-state index in [1.165, 1.54) is 31.4 Å². The first-order valence-electron chi connectivity index (χ1n) is 8.79. The Morgan fingerprint density at radius 2 is 1.93 bits per heavy atom. The van der Waals surface area contributed by atoms with Crippen molar-refractivity contribution in [3.8, 4) is 5.75 Å². The maximum absolute atomic E-state index is 13.9. The van der Waals surface area contributed by atoms with Gasteiger partial charge in [-0.3, -0.25) is 14.6 Å². The van der Waals surface area contributed by atoms with Crippen LogP contribution in [-0.2, 0) is 17.9 Å². The standard InChI is InChI=1S/C21H22FN3O2S/c1-15(26)25(18-7-5-4-6-8-18)21-23-17(14-28-21)13-24(2)12-16-9-10-20(27-3)19(22)11-16/h4-11,14H,12-13H2,1-3H3. The molecule has 0 saturated heterocycles. The molecule has 1 aromatic heterocycles. The molecule has 3 rings (SSSR count). The van der Waals surface area contributed by atoms with Crippen LogP contribution in [0.5, 0.6) is 5.75 Å². The molecule has 0 atom stereocenters. The molecule has 0 aliphatic carbocycles. The summed E-state index contributed by atoms with van der Waals surface area (Å²) in [7, 11) is 3.39. The lowest BCUT2D eigenvalue weighted by molar-refractivity contribution is -0.115. The third-order valence-corrected chi connectivity index (χ3v) is 5.04. The summed E-state index contributed by atoms with van der Waals surface area (Å²) in [5, 5.41) is 2.58. The number of aromatic nitrogens is 1. The topological polar surface area (TPSA) is 45.7 Å². The summed E-state index contributed by atoms with van der Waals surface area (Å²) in [5.41, 5.74) is 2.50. The van der Waals surface area contributed by atoms with Gasteiger partial charge in [0.25, 0.3) is 0 Å². The number of benzene rings is 2. The normalized spacial score (nSPS) is 10.9. The lowest BCUT2D eigenvalue weighted by atomic mass is 10.2. The molecule has 0 spiro atoms. The van der Waals surface area contributed by atoms with E-state index < -0.39 is 0 Å². The fourth-order valence-corrected chi connectivity index (χ4v) is 3.81. The Morgan fingerprint density at radius 3 is 2.57 bits per heavy atom. The second-order valence-electron chi connectivity index (χ2n) is 6.45. The zero-order chi connectivity index (χ0) is 20.1. The van der Waals surface area contributed by atoms with Gasteiger partial charge in [0.1, 0.15) is 0 Å². The third kappa shape index (κ3) is 4.74. The summed E-state index contributed by atoms with van der Waals surface area (Å²) in [6.45, 7) is 2.69. The summed E-state index contributed by atoms with van der Waals surface area (Å²) in [6, 6.07) is 14.4. The van der Waals surface area contributed by atoms with Crippen LogP contribution >= 0.6 is 11.3 Å². The first kappa shape index (κ1) is 20.0. The number of methoxy groups -OCH3 is 1. The molecule has 1 heterocycles. The van der Waals surface area contributed by atoms with Gasteiger partial charge in [-0.25, -0.2) is 9.37 Å². The Labute approximate surface area is 168 Å². The predicted octanol–water partition coefficient (Wildman–Crippen LogP) is 4.61. The Morgan fingerprint density at radius 1 is 1.18 bits per heavy atom. The zero-order valence-electron chi connectivity index (χ0n) is 16.1. The smallest absolute Gasteiger partial charge is 0.230 e. The minimum Gasteiger partial charge on any atom is -0.494 e. The van der Waals surface area contributed by atoms with Gasteiger partial charge in [0.05, 0.1) is 18.5 Å². The molecule has 3 aromatic rings. The monoisotopic (exact) mass is 399 g/mol. The Kier molecular flexibility index (Phi) is 6.38. The molecular formula is C21H22FN3O2S. The van der Waals surface area contributed by atoms with Gasteiger partial charge < -0.3 is 4.74 Å². The van der Waals surface area contributed by atoms with E-state index in [4.69, 9.17) is 4.74 Å². The number of carbonyl (C=O) groups is 1. The number of amides is 1. The number of nitrogens with zero attached hydrogens (tertiary/aromatic N) is 3. The number of anilines is 2. The molecule has 0 bridgehead atoms. The third-order valence-electron chi connectivity index (χ3n) is 4.16. The molecule has 5 nitrogen and oxygen atoms in total. The molecular weight excluding hydrogens is 377 g/mol. The van der Waals surface area contributed by atoms with Crippen LogP contribution < -0.4 is 9.64 Å². The van der Waals surface area contributed by atoms with Crippen LogP contribution in [0.4, 0.5) is 15.2 Å². The lowest BCUT2D eigenvalue weighted by Gasteiger charge is -2.18. The molecule has 0 N–H and O–H groups in total. The van der Waals surface area contributed by atoms with Crippen LogP contribution in [0.2, 0.25) is 0 Å². The van der Waals surface area contributed by atoms with Crippen LogP contribution in [0.1, 0.15) is 18.2 Å². The molecule has 0 saturated carbocycles. The van der Waals surface area contributed by atoms with Crippen molar-refractivity contribution in [3.63, 3.8) is 0 Å². The maximum Gasteiger partial charge on any atom is 0.230 e. The largest absolute Gasteiger partial charge is 0.494 e. The summed E-state index contributed by atoms with van der Waals surface area (Å²) < 4.78 is 18.8. The molecule has 7 heteroatoms. The van der Waals surface area contributed by atoms with E-state index in [-0.39, 0.29) is 17.5 Å². The van der Waals surface area contributed by atoms with Gasteiger partial charge in [-0.15, -0.1) is 11.3 Å². The highest BCUT2D eigenvalue weighted by Crippen LogP contribution is 2.29. The predicted molar refractivity (Wildman–Crippen MR) is 109 cm³/mol. The molecule has 28 heavy (non-hydrogen) atoms. The number of thiazole rings is 1. The average Bonchev–Trinajstić information content (AvgIpc) is 3.10. The Balaban J connectivity index is 1.69. The number of hydrogen-bond donors (Lipinski definition) is 0. The van der Waals surface area contributed by atoms with Crippen molar-refractivity contribution in [2.24, 2.45) is 0 Å². The van der Waals surface area contributed by atoms with E-state index in [0.29, 0.717) is 18.2 Å². The molecule has 146 valence electrons. The van der Waals surface area contributed by atoms with Crippen molar-refractivity contribution >= 4 is 28.1 Å². The van der Waals surface area contributed by atoms with E-state index in [1.54, 1.807) is 11.0 Å². The summed E-state index contributed by atoms with van der Waals surface area (Å²) in [5.74, 6) is -0.223. The van der Waals surface area contributed by atoms with Crippen molar-refractivity contribution < 1.29 is 13.9 Å². The number of hydrogen-bond acceptors (Lipinski definition) is 5. The van der Waals surface area contributed by atoms with Gasteiger partial charge in [-0.1, -0.05) is 24.3 Å². The van der Waals surface area contributed by atoms with Crippen LogP contribution in [0.15, 0.2) is 53.9 Å². The first-order valence-corrected chi connectivity index (χ1v) is 9.67. The fraction of sp³-hybridized carbons (Fsp3) is 0.238. The van der Waals surface area contributed by atoms with E-state index in [2.05, 4.69) is 4.98 Å². The quantitative estimate of drug-likeness (QED) is 0.582. The molecule has 0 unspecified atom stereocenters. The van der Waals surface area contributed by atoms with Crippen LogP contribution in [0, 0.1) is 5.82 Å². The van der Waals surface area contributed by atoms with Gasteiger partial charge in [-0.05, 0) is 36.9 Å². The molecule has 0 fully saturated rings. The van der Waals surface area contributed by atoms with E-state index in [1.807, 2.05) is 53.7 Å². The Bertz CT molecular complexity index is 946. The summed E-state index contributed by atoms with van der Waals surface area (Å²) in [4.78, 5) is 20.4. The minimum atomic E-state index is -0.371. The van der Waals surface area contributed by atoms with Gasteiger partial charge in [0.15, 0.2) is 16.7 Å². The van der Waals surface area contributed by atoms with Crippen LogP contribution in [0.3, 0.4) is 0 Å². The summed E-state index contributed by atoms with van der Waals surface area (Å²) in [6.07, 6.45) is 0. The fourth-order valence-electron chi connectivity index (χ4n) is 2.93. The van der Waals surface area contributed by atoms with Crippen molar-refractivity contribution in [1.29, 1.82) is 0 Å². The van der Waals surface area contributed by atoms with Gasteiger partial charge in [0.2, 0.25) is 5.91 Å². The second-order valence-corrected chi connectivity index (χ2v) is 7.29. The lowest BCUT2D eigenvalue weighted by Crippen LogP contribution is -2.23. The van der Waals surface area contributed by atoms with Gasteiger partial charge in [-0.2, -0.15) is 0 Å². The van der Waals surface area contributed by atoms with Crippen molar-refractivity contribution in [2.75, 3.05) is 19.1 Å². The highest BCUT2D eigenvalue weighted by molar-refractivity contribution is 7.14. The van der Waals surface area contributed by atoms with Crippen molar-refractivity contribution in [3.05, 3.63) is 71.0 Å². The molecule has 1 amide bonds. The van der Waals surface area contributed by atoms with Crippen LogP contribution in [-0.4, -0.2) is 29.9 Å². The first-order chi connectivity index (χ1) is 13.5. The van der Waals surface area contributed by atoms with Gasteiger partial charge in [0, 0.05) is 25.4 Å². The van der Waals surface area contributed by atoms with E-state index in [0.717, 1.165) is 16.9 Å². The second kappa shape index (κ2) is 8.95. The highest BCUT2D eigenvalue weighted by atomic mass is 32.1. The van der Waals surface area contributed by atoms with E-state index in [9.17, 15) is 9.18 Å². The number of ether oxygens (including phenoxy) is 1.